The number of Topliss-reactive ketones (excluding diaryl/α,β-unsaturated/α-hetero) is 1. The van der Waals surface area contributed by atoms with Crippen LogP contribution in [-0.4, -0.2) is 52.6 Å². The zero-order valence-electron chi connectivity index (χ0n) is 32.7. The molecule has 0 saturated heterocycles. The van der Waals surface area contributed by atoms with Gasteiger partial charge < -0.3 is 19.3 Å². The number of nitrogens with zero attached hydrogens (tertiary/aromatic N) is 2. The molecule has 6 heteroatoms. The van der Waals surface area contributed by atoms with Crippen LogP contribution in [0.3, 0.4) is 0 Å². The van der Waals surface area contributed by atoms with Crippen molar-refractivity contribution in [1.82, 2.24) is 9.47 Å². The van der Waals surface area contributed by atoms with Gasteiger partial charge >= 0.3 is 0 Å². The first kappa shape index (κ1) is 42.7. The molecule has 1 aromatic heterocycles. The van der Waals surface area contributed by atoms with E-state index in [-0.39, 0.29) is 11.6 Å². The summed E-state index contributed by atoms with van der Waals surface area (Å²) >= 11 is 0. The van der Waals surface area contributed by atoms with Crippen molar-refractivity contribution in [3.63, 3.8) is 0 Å². The summed E-state index contributed by atoms with van der Waals surface area (Å²) in [4.78, 5) is 28.9. The Labute approximate surface area is 303 Å². The van der Waals surface area contributed by atoms with Crippen LogP contribution in [0, 0.1) is 5.92 Å². The molecule has 0 fully saturated rings. The van der Waals surface area contributed by atoms with E-state index in [2.05, 4.69) is 77.1 Å². The molecule has 3 aromatic carbocycles. The lowest BCUT2D eigenvalue weighted by Crippen LogP contribution is -2.15. The molecule has 2 unspecified atom stereocenters. The maximum atomic E-state index is 13.5. The van der Waals surface area contributed by atoms with Gasteiger partial charge in [0, 0.05) is 51.5 Å². The van der Waals surface area contributed by atoms with Gasteiger partial charge in [0.25, 0.3) is 0 Å². The number of unbranched alkanes of at least 4 members (excludes halogenated alkanes) is 4. The zero-order valence-corrected chi connectivity index (χ0v) is 32.7. The zero-order chi connectivity index (χ0) is 37.1. The minimum atomic E-state index is -0.918. The third kappa shape index (κ3) is 13.0. The Hall–Kier alpha value is -3.48. The van der Waals surface area contributed by atoms with E-state index in [9.17, 15) is 14.7 Å². The van der Waals surface area contributed by atoms with Gasteiger partial charge in [-0.25, -0.2) is 0 Å². The third-order valence-electron chi connectivity index (χ3n) is 9.19. The molecule has 276 valence electrons. The number of hydrogen-bond donors (Lipinski definition) is 1. The molecule has 2 atom stereocenters. The number of ketones is 2. The Morgan fingerprint density at radius 3 is 1.78 bits per heavy atom. The topological polar surface area (TPSA) is 71.8 Å². The number of hydrogen-bond acceptors (Lipinski definition) is 5. The molecule has 0 bridgehead atoms. The van der Waals surface area contributed by atoms with Crippen LogP contribution in [0.5, 0.6) is 5.75 Å². The van der Waals surface area contributed by atoms with Crippen molar-refractivity contribution in [2.24, 2.45) is 5.92 Å². The maximum Gasteiger partial charge on any atom is 0.194 e. The predicted molar refractivity (Wildman–Crippen MR) is 213 cm³/mol. The molecule has 50 heavy (non-hydrogen) atoms. The van der Waals surface area contributed by atoms with E-state index in [1.54, 1.807) is 31.2 Å². The van der Waals surface area contributed by atoms with Crippen LogP contribution in [0.4, 0.5) is 0 Å². The van der Waals surface area contributed by atoms with E-state index in [1.807, 2.05) is 24.3 Å². The number of aliphatic hydroxyl groups excluding tert-OH is 1. The second-order valence-electron chi connectivity index (χ2n) is 13.5. The molecule has 0 aliphatic carbocycles. The van der Waals surface area contributed by atoms with E-state index < -0.39 is 6.29 Å². The summed E-state index contributed by atoms with van der Waals surface area (Å²) in [5.41, 5.74) is 4.12. The van der Waals surface area contributed by atoms with Crippen LogP contribution in [0.2, 0.25) is 0 Å². The van der Waals surface area contributed by atoms with Gasteiger partial charge in [0.05, 0.1) is 0 Å². The SMILES string of the molecule is CCC.CCCCCCC(=O)c1ccc2c(c1)c1cc(C(=O)c3ccc(OC(C)O)cc3)ccc1n2CC(CC)CCCC.CCN(C)CC. The average Bonchev–Trinajstić information content (AvgIpc) is 3.43. The van der Waals surface area contributed by atoms with Crippen molar-refractivity contribution >= 4 is 33.4 Å². The molecular formula is C44H66N2O4. The highest BCUT2D eigenvalue weighted by atomic mass is 16.6. The van der Waals surface area contributed by atoms with Gasteiger partial charge in [-0.2, -0.15) is 0 Å². The van der Waals surface area contributed by atoms with Crippen molar-refractivity contribution in [1.29, 1.82) is 0 Å². The lowest BCUT2D eigenvalue weighted by atomic mass is 9.99. The summed E-state index contributed by atoms with van der Waals surface area (Å²) in [6.45, 7) is 20.0. The monoisotopic (exact) mass is 687 g/mol. The van der Waals surface area contributed by atoms with Crippen molar-refractivity contribution in [3.8, 4) is 5.75 Å². The molecule has 4 aromatic rings. The summed E-state index contributed by atoms with van der Waals surface area (Å²) < 4.78 is 7.70. The minimum Gasteiger partial charge on any atom is -0.465 e. The van der Waals surface area contributed by atoms with E-state index in [0.717, 1.165) is 79.1 Å². The summed E-state index contributed by atoms with van der Waals surface area (Å²) in [5.74, 6) is 1.19. The Morgan fingerprint density at radius 2 is 1.28 bits per heavy atom. The number of aliphatic hydroxyl groups is 1. The second kappa shape index (κ2) is 23.1. The van der Waals surface area contributed by atoms with Crippen molar-refractivity contribution in [3.05, 3.63) is 77.4 Å². The van der Waals surface area contributed by atoms with Gasteiger partial charge in [-0.1, -0.05) is 93.4 Å². The predicted octanol–water partition coefficient (Wildman–Crippen LogP) is 11.5. The molecule has 0 amide bonds. The Kier molecular flexibility index (Phi) is 19.7. The second-order valence-corrected chi connectivity index (χ2v) is 13.5. The summed E-state index contributed by atoms with van der Waals surface area (Å²) in [7, 11) is 2.11. The van der Waals surface area contributed by atoms with Crippen LogP contribution in [0.25, 0.3) is 21.8 Å². The van der Waals surface area contributed by atoms with Gasteiger partial charge in [0.1, 0.15) is 5.75 Å². The largest absolute Gasteiger partial charge is 0.465 e. The third-order valence-corrected chi connectivity index (χ3v) is 9.19. The fourth-order valence-corrected chi connectivity index (χ4v) is 5.92. The van der Waals surface area contributed by atoms with Gasteiger partial charge in [-0.05, 0) is 106 Å². The molecule has 0 spiro atoms. The van der Waals surface area contributed by atoms with E-state index in [4.69, 9.17) is 4.74 Å². The fraction of sp³-hybridized carbons (Fsp3) is 0.545. The Bertz CT molecular complexity index is 1570. The van der Waals surface area contributed by atoms with Crippen LogP contribution in [-0.2, 0) is 6.54 Å². The normalized spacial score (nSPS) is 12.2. The molecule has 0 aliphatic rings. The molecule has 1 N–H and O–H groups in total. The average molecular weight is 687 g/mol. The number of ether oxygens (including phenoxy) is 1. The van der Waals surface area contributed by atoms with E-state index in [1.165, 1.54) is 25.7 Å². The number of aromatic nitrogens is 1. The molecule has 1 heterocycles. The molecule has 4 rings (SSSR count). The first-order valence-corrected chi connectivity index (χ1v) is 19.4. The van der Waals surface area contributed by atoms with Crippen molar-refractivity contribution in [2.75, 3.05) is 20.1 Å². The van der Waals surface area contributed by atoms with Crippen molar-refractivity contribution < 1.29 is 19.4 Å². The lowest BCUT2D eigenvalue weighted by molar-refractivity contribution is -0.000299. The van der Waals surface area contributed by atoms with Crippen LogP contribution >= 0.6 is 0 Å². The van der Waals surface area contributed by atoms with E-state index in [0.29, 0.717) is 29.2 Å². The van der Waals surface area contributed by atoms with Crippen LogP contribution in [0.1, 0.15) is 146 Å². The smallest absolute Gasteiger partial charge is 0.194 e. The summed E-state index contributed by atoms with van der Waals surface area (Å²) in [5, 5.41) is 11.5. The lowest BCUT2D eigenvalue weighted by Gasteiger charge is -2.17. The fourth-order valence-electron chi connectivity index (χ4n) is 5.92. The summed E-state index contributed by atoms with van der Waals surface area (Å²) in [6, 6.07) is 18.9. The quantitative estimate of drug-likeness (QED) is 0.0641. The molecule has 0 saturated carbocycles. The minimum absolute atomic E-state index is 0.0751. The van der Waals surface area contributed by atoms with Gasteiger partial charge in [-0.3, -0.25) is 9.59 Å². The molecule has 0 aliphatic heterocycles. The standard InChI is InChI=1S/C36H45NO4.C5H13N.C3H8/c1-5-8-10-11-13-35(39)28-16-20-33-31(22-28)32-23-29(36(40)27-14-18-30(19-15-27)41-25(4)38)17-21-34(32)37(33)24-26(7-3)12-9-6-2;1-4-6(3)5-2;1-3-2/h14-23,25-26,38H,5-13,24H2,1-4H3;4-5H2,1-3H3;3H2,1-2H3. The van der Waals surface area contributed by atoms with Crippen LogP contribution in [0.15, 0.2) is 60.7 Å². The molecule has 0 radical (unpaired) electrons. The van der Waals surface area contributed by atoms with Gasteiger partial charge in [0.2, 0.25) is 0 Å². The number of carbonyl (C=O) groups excluding carboxylic acids is 2. The first-order chi connectivity index (χ1) is 24.1. The first-order valence-electron chi connectivity index (χ1n) is 19.4. The highest BCUT2D eigenvalue weighted by molar-refractivity contribution is 6.15. The van der Waals surface area contributed by atoms with E-state index >= 15 is 0 Å². The number of rotatable bonds is 18. The van der Waals surface area contributed by atoms with Gasteiger partial charge in [-0.15, -0.1) is 0 Å². The Balaban J connectivity index is 0.000000858. The maximum absolute atomic E-state index is 13.5. The molecule has 6 nitrogen and oxygen atoms in total. The highest BCUT2D eigenvalue weighted by Crippen LogP contribution is 2.33. The molecular weight excluding hydrogens is 620 g/mol. The van der Waals surface area contributed by atoms with Crippen molar-refractivity contribution in [2.45, 2.75) is 132 Å². The van der Waals surface area contributed by atoms with Crippen LogP contribution < -0.4 is 4.74 Å². The summed E-state index contributed by atoms with van der Waals surface area (Å²) in [6.07, 6.45) is 9.91. The van der Waals surface area contributed by atoms with Gasteiger partial charge in [0.15, 0.2) is 17.9 Å². The highest BCUT2D eigenvalue weighted by Gasteiger charge is 2.19. The number of benzene rings is 3. The number of carbonyl (C=O) groups is 2. The Morgan fingerprint density at radius 1 is 0.740 bits per heavy atom. The number of fused-ring (bicyclic) bond motifs is 3.